The molecule has 0 radical (unpaired) electrons. The van der Waals surface area contributed by atoms with E-state index in [9.17, 15) is 9.90 Å². The Labute approximate surface area is 105 Å². The van der Waals surface area contributed by atoms with Crippen LogP contribution >= 0.6 is 11.3 Å². The van der Waals surface area contributed by atoms with Crippen LogP contribution in [-0.2, 0) is 0 Å². The number of hydrogen-bond donors (Lipinski definition) is 3. The smallest absolute Gasteiger partial charge is 0.270 e. The van der Waals surface area contributed by atoms with E-state index in [-0.39, 0.29) is 18.0 Å². The van der Waals surface area contributed by atoms with Crippen LogP contribution in [0.1, 0.15) is 48.7 Å². The Balaban J connectivity index is 2.57. The molecule has 1 aromatic rings. The number of rotatable bonds is 5. The minimum Gasteiger partial charge on any atom is -0.393 e. The number of nitrogens with one attached hydrogen (secondary N) is 1. The van der Waals surface area contributed by atoms with Crippen LogP contribution in [0.2, 0.25) is 0 Å². The monoisotopic (exact) mass is 257 g/mol. The van der Waals surface area contributed by atoms with Crippen molar-refractivity contribution < 1.29 is 9.90 Å². The molecule has 1 heterocycles. The Bertz CT molecular complexity index is 377. The van der Waals surface area contributed by atoms with Gasteiger partial charge in [-0.1, -0.05) is 0 Å². The van der Waals surface area contributed by atoms with Crippen molar-refractivity contribution in [1.29, 1.82) is 0 Å². The molecule has 6 heteroatoms. The van der Waals surface area contributed by atoms with E-state index in [1.807, 2.05) is 13.8 Å². The van der Waals surface area contributed by atoms with Gasteiger partial charge in [-0.3, -0.25) is 4.79 Å². The topological polar surface area (TPSA) is 88.2 Å². The van der Waals surface area contributed by atoms with Crippen molar-refractivity contribution in [2.24, 2.45) is 5.73 Å². The van der Waals surface area contributed by atoms with Crippen LogP contribution in [0, 0.1) is 0 Å². The molecule has 0 saturated heterocycles. The van der Waals surface area contributed by atoms with Gasteiger partial charge in [0, 0.05) is 11.4 Å². The van der Waals surface area contributed by atoms with Crippen molar-refractivity contribution in [3.8, 4) is 0 Å². The number of carbonyl (C=O) groups is 1. The maximum absolute atomic E-state index is 11.8. The van der Waals surface area contributed by atoms with E-state index in [0.29, 0.717) is 12.1 Å². The maximum Gasteiger partial charge on any atom is 0.270 e. The Morgan fingerprint density at radius 1 is 1.59 bits per heavy atom. The summed E-state index contributed by atoms with van der Waals surface area (Å²) < 4.78 is 0. The predicted molar refractivity (Wildman–Crippen MR) is 67.9 cm³/mol. The van der Waals surface area contributed by atoms with Gasteiger partial charge in [-0.2, -0.15) is 0 Å². The molecule has 1 amide bonds. The lowest BCUT2D eigenvalue weighted by atomic mass is 10.1. The van der Waals surface area contributed by atoms with Gasteiger partial charge in [0.25, 0.3) is 5.91 Å². The molecule has 0 aliphatic rings. The van der Waals surface area contributed by atoms with E-state index in [1.165, 1.54) is 11.3 Å². The largest absolute Gasteiger partial charge is 0.393 e. The zero-order chi connectivity index (χ0) is 13.0. The first-order chi connectivity index (χ1) is 7.90. The lowest BCUT2D eigenvalue weighted by Gasteiger charge is -2.14. The SMILES string of the molecule is CC(O)CC(C)NC(=O)c1csc(C(C)N)n1. The normalized spacial score (nSPS) is 16.3. The van der Waals surface area contributed by atoms with E-state index in [4.69, 9.17) is 5.73 Å². The van der Waals surface area contributed by atoms with E-state index >= 15 is 0 Å². The minimum absolute atomic E-state index is 0.0806. The van der Waals surface area contributed by atoms with Gasteiger partial charge >= 0.3 is 0 Å². The number of aliphatic hydroxyl groups is 1. The lowest BCUT2D eigenvalue weighted by molar-refractivity contribution is 0.0918. The highest BCUT2D eigenvalue weighted by Crippen LogP contribution is 2.15. The molecule has 0 aromatic carbocycles. The second kappa shape index (κ2) is 6.09. The fourth-order valence-electron chi connectivity index (χ4n) is 1.47. The van der Waals surface area contributed by atoms with Gasteiger partial charge in [0.05, 0.1) is 12.1 Å². The summed E-state index contributed by atoms with van der Waals surface area (Å²) in [4.78, 5) is 15.9. The van der Waals surface area contributed by atoms with Crippen LogP contribution in [0.4, 0.5) is 0 Å². The fraction of sp³-hybridized carbons (Fsp3) is 0.636. The Kier molecular flexibility index (Phi) is 5.04. The first kappa shape index (κ1) is 14.1. The standard InChI is InChI=1S/C11H19N3O2S/c1-6(4-7(2)15)13-10(16)9-5-17-11(14-9)8(3)12/h5-8,15H,4,12H2,1-3H3,(H,13,16). The van der Waals surface area contributed by atoms with E-state index in [0.717, 1.165) is 5.01 Å². The van der Waals surface area contributed by atoms with Gasteiger partial charge in [0.1, 0.15) is 10.7 Å². The summed E-state index contributed by atoms with van der Waals surface area (Å²) in [6.45, 7) is 5.37. The first-order valence-electron chi connectivity index (χ1n) is 5.60. The molecular formula is C11H19N3O2S. The molecule has 5 nitrogen and oxygen atoms in total. The van der Waals surface area contributed by atoms with Crippen molar-refractivity contribution >= 4 is 17.2 Å². The number of hydrogen-bond acceptors (Lipinski definition) is 5. The summed E-state index contributed by atoms with van der Waals surface area (Å²) in [6, 6.07) is -0.237. The van der Waals surface area contributed by atoms with Crippen molar-refractivity contribution in [3.05, 3.63) is 16.1 Å². The summed E-state index contributed by atoms with van der Waals surface area (Å²) in [5.41, 5.74) is 6.07. The molecule has 0 saturated carbocycles. The quantitative estimate of drug-likeness (QED) is 0.735. The van der Waals surface area contributed by atoms with Crippen LogP contribution in [0.5, 0.6) is 0 Å². The zero-order valence-corrected chi connectivity index (χ0v) is 11.1. The number of nitrogens with two attached hydrogens (primary N) is 1. The molecule has 1 rings (SSSR count). The third kappa shape index (κ3) is 4.41. The van der Waals surface area contributed by atoms with Gasteiger partial charge in [0.2, 0.25) is 0 Å². The molecular weight excluding hydrogens is 238 g/mol. The summed E-state index contributed by atoms with van der Waals surface area (Å²) in [6.07, 6.45) is 0.0936. The number of carbonyl (C=O) groups excluding carboxylic acids is 1. The van der Waals surface area contributed by atoms with Crippen LogP contribution in [0.15, 0.2) is 5.38 Å². The molecule has 3 unspecified atom stereocenters. The van der Waals surface area contributed by atoms with Crippen molar-refractivity contribution in [2.45, 2.75) is 45.4 Å². The van der Waals surface area contributed by atoms with Crippen LogP contribution in [0.25, 0.3) is 0 Å². The van der Waals surface area contributed by atoms with Crippen molar-refractivity contribution in [3.63, 3.8) is 0 Å². The summed E-state index contributed by atoms with van der Waals surface area (Å²) >= 11 is 1.38. The average Bonchev–Trinajstić information content (AvgIpc) is 2.64. The number of aromatic nitrogens is 1. The highest BCUT2D eigenvalue weighted by atomic mass is 32.1. The second-order valence-corrected chi connectivity index (χ2v) is 5.21. The molecule has 17 heavy (non-hydrogen) atoms. The molecule has 0 spiro atoms. The lowest BCUT2D eigenvalue weighted by Crippen LogP contribution is -2.34. The van der Waals surface area contributed by atoms with E-state index in [1.54, 1.807) is 12.3 Å². The molecule has 0 bridgehead atoms. The highest BCUT2D eigenvalue weighted by Gasteiger charge is 2.15. The zero-order valence-electron chi connectivity index (χ0n) is 10.3. The van der Waals surface area contributed by atoms with Gasteiger partial charge in [0.15, 0.2) is 0 Å². The van der Waals surface area contributed by atoms with Crippen LogP contribution in [-0.4, -0.2) is 28.1 Å². The summed E-state index contributed by atoms with van der Waals surface area (Å²) in [7, 11) is 0. The number of thiazole rings is 1. The molecule has 1 aromatic heterocycles. The average molecular weight is 257 g/mol. The number of nitrogens with zero attached hydrogens (tertiary/aromatic N) is 1. The van der Waals surface area contributed by atoms with Crippen molar-refractivity contribution in [1.82, 2.24) is 10.3 Å². The third-order valence-corrected chi connectivity index (χ3v) is 3.26. The third-order valence-electron chi connectivity index (χ3n) is 2.22. The minimum atomic E-state index is -0.430. The first-order valence-corrected chi connectivity index (χ1v) is 6.48. The van der Waals surface area contributed by atoms with E-state index in [2.05, 4.69) is 10.3 Å². The Hall–Kier alpha value is -0.980. The maximum atomic E-state index is 11.8. The summed E-state index contributed by atoms with van der Waals surface area (Å²) in [5.74, 6) is -0.221. The number of aliphatic hydroxyl groups excluding tert-OH is 1. The highest BCUT2D eigenvalue weighted by molar-refractivity contribution is 7.09. The van der Waals surface area contributed by atoms with Crippen LogP contribution in [0.3, 0.4) is 0 Å². The van der Waals surface area contributed by atoms with E-state index < -0.39 is 6.10 Å². The Morgan fingerprint density at radius 3 is 2.71 bits per heavy atom. The Morgan fingerprint density at radius 2 is 2.24 bits per heavy atom. The summed E-state index contributed by atoms with van der Waals surface area (Å²) in [5, 5.41) is 14.4. The molecule has 4 N–H and O–H groups in total. The van der Waals surface area contributed by atoms with Crippen molar-refractivity contribution in [2.75, 3.05) is 0 Å². The van der Waals surface area contributed by atoms with Gasteiger partial charge in [-0.25, -0.2) is 4.98 Å². The molecule has 3 atom stereocenters. The van der Waals surface area contributed by atoms with Gasteiger partial charge in [-0.05, 0) is 27.2 Å². The molecule has 0 fully saturated rings. The predicted octanol–water partition coefficient (Wildman–Crippen LogP) is 1.05. The van der Waals surface area contributed by atoms with Gasteiger partial charge < -0.3 is 16.2 Å². The second-order valence-electron chi connectivity index (χ2n) is 4.32. The molecule has 0 aliphatic carbocycles. The molecule has 96 valence electrons. The fourth-order valence-corrected chi connectivity index (χ4v) is 2.23. The number of amides is 1. The van der Waals surface area contributed by atoms with Gasteiger partial charge in [-0.15, -0.1) is 11.3 Å². The van der Waals surface area contributed by atoms with Crippen LogP contribution < -0.4 is 11.1 Å². The molecule has 0 aliphatic heterocycles.